The smallest absolute Gasteiger partial charge is 0.410 e. The second kappa shape index (κ2) is 6.92. The predicted octanol–water partition coefficient (Wildman–Crippen LogP) is 5.74. The molecule has 6 heteroatoms. The van der Waals surface area contributed by atoms with E-state index in [9.17, 15) is 4.79 Å². The number of benzene rings is 1. The van der Waals surface area contributed by atoms with Gasteiger partial charge in [0.15, 0.2) is 0 Å². The van der Waals surface area contributed by atoms with Crippen LogP contribution < -0.4 is 0 Å². The molecule has 31 heavy (non-hydrogen) atoms. The van der Waals surface area contributed by atoms with Crippen LogP contribution in [0.15, 0.2) is 18.2 Å². The zero-order valence-corrected chi connectivity index (χ0v) is 20.5. The lowest BCUT2D eigenvalue weighted by Crippen LogP contribution is -2.75. The molecule has 2 bridgehead atoms. The van der Waals surface area contributed by atoms with Crippen LogP contribution in [0.25, 0.3) is 10.2 Å². The summed E-state index contributed by atoms with van der Waals surface area (Å²) in [5.41, 5.74) is 2.53. The van der Waals surface area contributed by atoms with Gasteiger partial charge < -0.3 is 14.5 Å². The first kappa shape index (κ1) is 21.2. The molecule has 0 unspecified atom stereocenters. The van der Waals surface area contributed by atoms with Crippen LogP contribution in [0, 0.1) is 5.92 Å². The van der Waals surface area contributed by atoms with Gasteiger partial charge in [0.25, 0.3) is 0 Å². The molecule has 1 aromatic heterocycles. The molecule has 1 amide bonds. The number of piperidine rings is 1. The minimum atomic E-state index is -0.483. The Balaban J connectivity index is 1.40. The van der Waals surface area contributed by atoms with Crippen molar-refractivity contribution in [1.82, 2.24) is 14.8 Å². The number of carbonyl (C=O) groups excluding carboxylic acids is 1. The number of fused-ring (bicyclic) bond motifs is 1. The fraction of sp³-hybridized carbons (Fsp3) is 0.680. The molecule has 4 fully saturated rings. The Hall–Kier alpha value is -1.66. The first-order valence-corrected chi connectivity index (χ1v) is 12.4. The van der Waals surface area contributed by atoms with E-state index in [2.05, 4.69) is 44.1 Å². The largest absolute Gasteiger partial charge is 0.444 e. The Morgan fingerprint density at radius 3 is 2.58 bits per heavy atom. The Labute approximate surface area is 189 Å². The summed E-state index contributed by atoms with van der Waals surface area (Å²) in [6, 6.07) is 6.70. The van der Waals surface area contributed by atoms with Crippen LogP contribution in [0.5, 0.6) is 0 Å². The van der Waals surface area contributed by atoms with Gasteiger partial charge in [-0.15, -0.1) is 11.3 Å². The van der Waals surface area contributed by atoms with Crippen molar-refractivity contribution in [3.05, 3.63) is 28.8 Å². The first-order chi connectivity index (χ1) is 14.5. The molecule has 0 radical (unpaired) electrons. The number of nitrogens with zero attached hydrogens (tertiary/aromatic N) is 3. The first-order valence-electron chi connectivity index (χ1n) is 11.6. The maximum absolute atomic E-state index is 13.0. The van der Waals surface area contributed by atoms with Gasteiger partial charge in [0.2, 0.25) is 0 Å². The molecule has 0 N–H and O–H groups in total. The number of rotatable bonds is 3. The molecule has 2 aromatic rings. The van der Waals surface area contributed by atoms with Crippen molar-refractivity contribution < 1.29 is 9.53 Å². The van der Waals surface area contributed by atoms with Gasteiger partial charge in [0, 0.05) is 17.5 Å². The van der Waals surface area contributed by atoms with Gasteiger partial charge in [-0.3, -0.25) is 0 Å². The third-order valence-corrected chi connectivity index (χ3v) is 8.93. The fourth-order valence-corrected chi connectivity index (χ4v) is 6.97. The van der Waals surface area contributed by atoms with E-state index in [1.54, 1.807) is 0 Å². The van der Waals surface area contributed by atoms with Crippen molar-refractivity contribution in [3.63, 3.8) is 0 Å². The van der Waals surface area contributed by atoms with E-state index in [0.717, 1.165) is 24.9 Å². The highest BCUT2D eigenvalue weighted by atomic mass is 32.1. The molecule has 3 aliphatic carbocycles. The van der Waals surface area contributed by atoms with Crippen LogP contribution in [0.1, 0.15) is 76.4 Å². The summed E-state index contributed by atoms with van der Waals surface area (Å²) < 4.78 is 7.00. The SMILES string of the molecule is C[C@H]1CC[C@H](c2ccc3sc(C45CC(N(C)C)(C4)C5)nc3c2)N(C(=O)OC(C)(C)C)C1. The molecular weight excluding hydrogens is 406 g/mol. The van der Waals surface area contributed by atoms with Crippen LogP contribution in [0.2, 0.25) is 0 Å². The summed E-state index contributed by atoms with van der Waals surface area (Å²) in [5.74, 6) is 0.492. The van der Waals surface area contributed by atoms with E-state index in [0.29, 0.717) is 16.9 Å². The summed E-state index contributed by atoms with van der Waals surface area (Å²) in [6.07, 6.45) is 5.62. The molecule has 2 heterocycles. The average Bonchev–Trinajstić information content (AvgIpc) is 3.00. The van der Waals surface area contributed by atoms with Crippen molar-refractivity contribution >= 4 is 27.6 Å². The van der Waals surface area contributed by atoms with Gasteiger partial charge in [-0.2, -0.15) is 0 Å². The zero-order chi connectivity index (χ0) is 22.2. The van der Waals surface area contributed by atoms with E-state index in [4.69, 9.17) is 9.72 Å². The van der Waals surface area contributed by atoms with Crippen molar-refractivity contribution in [3.8, 4) is 0 Å². The second-order valence-corrected chi connectivity index (χ2v) is 12.5. The van der Waals surface area contributed by atoms with E-state index in [1.165, 1.54) is 34.5 Å². The minimum Gasteiger partial charge on any atom is -0.444 e. The maximum Gasteiger partial charge on any atom is 0.410 e. The van der Waals surface area contributed by atoms with Crippen molar-refractivity contribution in [2.24, 2.45) is 5.92 Å². The van der Waals surface area contributed by atoms with Crippen LogP contribution in [0.4, 0.5) is 4.79 Å². The fourth-order valence-electron chi connectivity index (χ4n) is 5.84. The quantitative estimate of drug-likeness (QED) is 0.609. The molecule has 1 aliphatic heterocycles. The summed E-state index contributed by atoms with van der Waals surface area (Å²) in [7, 11) is 4.41. The monoisotopic (exact) mass is 441 g/mol. The Bertz CT molecular complexity index is 1000. The molecule has 4 aliphatic rings. The van der Waals surface area contributed by atoms with Crippen molar-refractivity contribution in [2.75, 3.05) is 20.6 Å². The molecule has 3 saturated carbocycles. The average molecular weight is 442 g/mol. The third kappa shape index (κ3) is 3.46. The minimum absolute atomic E-state index is 0.0626. The van der Waals surface area contributed by atoms with E-state index in [1.807, 2.05) is 37.0 Å². The van der Waals surface area contributed by atoms with Gasteiger partial charge in [0.05, 0.1) is 16.3 Å². The van der Waals surface area contributed by atoms with Gasteiger partial charge in [-0.25, -0.2) is 9.78 Å². The second-order valence-electron chi connectivity index (χ2n) is 11.5. The highest BCUT2D eigenvalue weighted by Crippen LogP contribution is 2.70. The maximum atomic E-state index is 13.0. The van der Waals surface area contributed by atoms with Crippen molar-refractivity contribution in [2.45, 2.75) is 82.4 Å². The summed E-state index contributed by atoms with van der Waals surface area (Å²) >= 11 is 1.86. The lowest BCUT2D eigenvalue weighted by Gasteiger charge is -2.72. The molecule has 0 spiro atoms. The van der Waals surface area contributed by atoms with Gasteiger partial charge in [-0.1, -0.05) is 13.0 Å². The third-order valence-electron chi connectivity index (χ3n) is 7.65. The molecule has 1 aromatic carbocycles. The summed E-state index contributed by atoms with van der Waals surface area (Å²) in [5, 5.41) is 1.31. The van der Waals surface area contributed by atoms with Crippen molar-refractivity contribution in [1.29, 1.82) is 0 Å². The number of ether oxygens (including phenoxy) is 1. The summed E-state index contributed by atoms with van der Waals surface area (Å²) in [6.45, 7) is 8.76. The van der Waals surface area contributed by atoms with Crippen LogP contribution in [0.3, 0.4) is 0 Å². The predicted molar refractivity (Wildman–Crippen MR) is 126 cm³/mol. The topological polar surface area (TPSA) is 45.7 Å². The van der Waals surface area contributed by atoms with Crippen LogP contribution in [-0.4, -0.2) is 52.7 Å². The normalized spacial score (nSPS) is 32.7. The number of likely N-dealkylation sites (tertiary alicyclic amines) is 1. The van der Waals surface area contributed by atoms with E-state index in [-0.39, 0.29) is 12.1 Å². The molecule has 2 atom stereocenters. The highest BCUT2D eigenvalue weighted by Gasteiger charge is 2.70. The summed E-state index contributed by atoms with van der Waals surface area (Å²) in [4.78, 5) is 22.4. The molecular formula is C25H35N3O2S. The Morgan fingerprint density at radius 2 is 1.94 bits per heavy atom. The number of aromatic nitrogens is 1. The number of carbonyl (C=O) groups is 1. The van der Waals surface area contributed by atoms with Crippen LogP contribution in [-0.2, 0) is 10.2 Å². The standard InChI is InChI=1S/C25H35N3O2S/c1-16-7-9-19(28(12-16)22(29)30-23(2,3)4)17-8-10-20-18(11-17)26-21(31-20)24-13-25(14-24,15-24)27(5)6/h8,10-11,16,19H,7,9,12-15H2,1-6H3/t16-,19+,24?,25?/m0/s1. The Kier molecular flexibility index (Phi) is 4.73. The number of hydrogen-bond acceptors (Lipinski definition) is 5. The molecule has 6 rings (SSSR count). The number of hydrogen-bond donors (Lipinski definition) is 0. The molecule has 168 valence electrons. The van der Waals surface area contributed by atoms with Gasteiger partial charge >= 0.3 is 6.09 Å². The van der Waals surface area contributed by atoms with E-state index < -0.39 is 5.60 Å². The van der Waals surface area contributed by atoms with E-state index >= 15 is 0 Å². The lowest BCUT2D eigenvalue weighted by molar-refractivity contribution is -0.151. The highest BCUT2D eigenvalue weighted by molar-refractivity contribution is 7.18. The number of amides is 1. The van der Waals surface area contributed by atoms with Crippen LogP contribution >= 0.6 is 11.3 Å². The van der Waals surface area contributed by atoms with Gasteiger partial charge in [-0.05, 0) is 90.6 Å². The molecule has 5 nitrogen and oxygen atoms in total. The number of thiazole rings is 1. The molecule has 1 saturated heterocycles. The lowest BCUT2D eigenvalue weighted by atomic mass is 9.39. The zero-order valence-electron chi connectivity index (χ0n) is 19.7. The van der Waals surface area contributed by atoms with Gasteiger partial charge in [0.1, 0.15) is 10.6 Å². The Morgan fingerprint density at radius 1 is 1.23 bits per heavy atom.